The van der Waals surface area contributed by atoms with Crippen LogP contribution in [0.1, 0.15) is 10.4 Å². The predicted molar refractivity (Wildman–Crippen MR) is 65.9 cm³/mol. The van der Waals surface area contributed by atoms with Crippen LogP contribution >= 0.6 is 11.6 Å². The van der Waals surface area contributed by atoms with E-state index in [1.54, 1.807) is 0 Å². The molecule has 0 radical (unpaired) electrons. The summed E-state index contributed by atoms with van der Waals surface area (Å²) in [6.45, 7) is 0. The van der Waals surface area contributed by atoms with E-state index >= 15 is 0 Å². The average Bonchev–Trinajstić information content (AvgIpc) is 2.34. The van der Waals surface area contributed by atoms with Gasteiger partial charge in [-0.2, -0.15) is 0 Å². The van der Waals surface area contributed by atoms with Crippen LogP contribution in [0.25, 0.3) is 0 Å². The molecule has 0 saturated carbocycles. The van der Waals surface area contributed by atoms with Crippen LogP contribution in [-0.4, -0.2) is 16.1 Å². The Kier molecular flexibility index (Phi) is 3.43. The summed E-state index contributed by atoms with van der Waals surface area (Å²) < 4.78 is 13.6. The molecular formula is C12H8ClFN2O2. The summed E-state index contributed by atoms with van der Waals surface area (Å²) in [6.07, 6.45) is 2.64. The van der Waals surface area contributed by atoms with Crippen molar-refractivity contribution < 1.29 is 14.3 Å². The van der Waals surface area contributed by atoms with Crippen molar-refractivity contribution in [2.24, 2.45) is 0 Å². The number of carbonyl (C=O) groups is 1. The Labute approximate surface area is 107 Å². The number of benzene rings is 1. The molecule has 0 aliphatic heterocycles. The number of hydrogen-bond donors (Lipinski definition) is 2. The van der Waals surface area contributed by atoms with Gasteiger partial charge in [0.25, 0.3) is 0 Å². The van der Waals surface area contributed by atoms with Gasteiger partial charge < -0.3 is 10.4 Å². The van der Waals surface area contributed by atoms with Crippen LogP contribution in [-0.2, 0) is 0 Å². The zero-order chi connectivity index (χ0) is 13.1. The maximum absolute atomic E-state index is 13.6. The minimum absolute atomic E-state index is 0.00989. The molecule has 1 aromatic carbocycles. The number of carboxylic acids is 1. The zero-order valence-corrected chi connectivity index (χ0v) is 9.78. The topological polar surface area (TPSA) is 62.2 Å². The molecule has 0 unspecified atom stereocenters. The summed E-state index contributed by atoms with van der Waals surface area (Å²) >= 11 is 5.84. The molecule has 6 heteroatoms. The van der Waals surface area contributed by atoms with E-state index in [0.29, 0.717) is 0 Å². The van der Waals surface area contributed by atoms with Crippen LogP contribution in [0.3, 0.4) is 0 Å². The summed E-state index contributed by atoms with van der Waals surface area (Å²) in [6, 6.07) is 5.51. The van der Waals surface area contributed by atoms with Gasteiger partial charge in [0.05, 0.1) is 28.2 Å². The summed E-state index contributed by atoms with van der Waals surface area (Å²) in [5, 5.41) is 11.8. The quantitative estimate of drug-likeness (QED) is 0.895. The number of pyridine rings is 1. The molecule has 0 atom stereocenters. The van der Waals surface area contributed by atoms with Gasteiger partial charge in [0.15, 0.2) is 0 Å². The Morgan fingerprint density at radius 2 is 2.17 bits per heavy atom. The van der Waals surface area contributed by atoms with E-state index in [4.69, 9.17) is 16.7 Å². The van der Waals surface area contributed by atoms with E-state index in [-0.39, 0.29) is 22.0 Å². The fourth-order valence-corrected chi connectivity index (χ4v) is 1.64. The largest absolute Gasteiger partial charge is 0.478 e. The minimum Gasteiger partial charge on any atom is -0.478 e. The monoisotopic (exact) mass is 266 g/mol. The van der Waals surface area contributed by atoms with Crippen molar-refractivity contribution in [3.05, 3.63) is 53.1 Å². The minimum atomic E-state index is -1.13. The van der Waals surface area contributed by atoms with E-state index in [0.717, 1.165) is 0 Å². The molecule has 1 aromatic heterocycles. The van der Waals surface area contributed by atoms with Crippen molar-refractivity contribution in [2.75, 3.05) is 5.32 Å². The van der Waals surface area contributed by atoms with Crippen molar-refractivity contribution in [1.82, 2.24) is 4.98 Å². The molecule has 0 saturated heterocycles. The lowest BCUT2D eigenvalue weighted by molar-refractivity contribution is 0.0698. The van der Waals surface area contributed by atoms with Crippen molar-refractivity contribution in [3.63, 3.8) is 0 Å². The van der Waals surface area contributed by atoms with Crippen LogP contribution in [0.4, 0.5) is 15.8 Å². The average molecular weight is 267 g/mol. The van der Waals surface area contributed by atoms with E-state index in [1.807, 2.05) is 0 Å². The fourth-order valence-electron chi connectivity index (χ4n) is 1.43. The number of para-hydroxylation sites is 1. The Morgan fingerprint density at radius 1 is 1.39 bits per heavy atom. The van der Waals surface area contributed by atoms with Crippen LogP contribution in [0.2, 0.25) is 5.02 Å². The van der Waals surface area contributed by atoms with E-state index < -0.39 is 11.8 Å². The molecule has 0 spiro atoms. The Bertz CT molecular complexity index is 584. The standard InChI is InChI=1S/C12H8ClFN2O2/c13-8-2-1-3-9(14)11(8)16-10-6-15-5-4-7(10)12(17)18/h1-6,16H,(H,17,18). The van der Waals surface area contributed by atoms with Crippen LogP contribution in [0, 0.1) is 5.82 Å². The number of nitrogens with one attached hydrogen (secondary N) is 1. The second kappa shape index (κ2) is 5.01. The highest BCUT2D eigenvalue weighted by molar-refractivity contribution is 6.33. The maximum atomic E-state index is 13.6. The van der Waals surface area contributed by atoms with Crippen LogP contribution in [0.15, 0.2) is 36.7 Å². The lowest BCUT2D eigenvalue weighted by atomic mass is 10.2. The third kappa shape index (κ3) is 2.41. The first-order valence-electron chi connectivity index (χ1n) is 4.98. The van der Waals surface area contributed by atoms with Gasteiger partial charge in [-0.15, -0.1) is 0 Å². The van der Waals surface area contributed by atoms with E-state index in [2.05, 4.69) is 10.3 Å². The van der Waals surface area contributed by atoms with Crippen molar-refractivity contribution >= 4 is 28.9 Å². The number of anilines is 2. The molecule has 2 aromatic rings. The van der Waals surface area contributed by atoms with Gasteiger partial charge in [0, 0.05) is 6.20 Å². The third-order valence-corrected chi connectivity index (χ3v) is 2.59. The number of aromatic nitrogens is 1. The van der Waals surface area contributed by atoms with Gasteiger partial charge in [-0.25, -0.2) is 9.18 Å². The van der Waals surface area contributed by atoms with Gasteiger partial charge in [0.1, 0.15) is 5.82 Å². The molecule has 0 fully saturated rings. The summed E-state index contributed by atoms with van der Waals surface area (Å²) in [5.41, 5.74) is 0.191. The second-order valence-corrected chi connectivity index (χ2v) is 3.86. The molecule has 2 rings (SSSR count). The highest BCUT2D eigenvalue weighted by Crippen LogP contribution is 2.29. The van der Waals surface area contributed by atoms with Crippen molar-refractivity contribution in [3.8, 4) is 0 Å². The van der Waals surface area contributed by atoms with Crippen LogP contribution in [0.5, 0.6) is 0 Å². The Hall–Kier alpha value is -2.14. The first kappa shape index (κ1) is 12.3. The lowest BCUT2D eigenvalue weighted by Crippen LogP contribution is -2.04. The first-order chi connectivity index (χ1) is 8.59. The smallest absolute Gasteiger partial charge is 0.337 e. The molecule has 0 aliphatic carbocycles. The SMILES string of the molecule is O=C(O)c1ccncc1Nc1c(F)cccc1Cl. The molecule has 2 N–H and O–H groups in total. The lowest BCUT2D eigenvalue weighted by Gasteiger charge is -2.11. The number of aromatic carboxylic acids is 1. The van der Waals surface area contributed by atoms with Crippen LogP contribution < -0.4 is 5.32 Å². The third-order valence-electron chi connectivity index (χ3n) is 2.27. The Balaban J connectivity index is 2.43. The summed E-state index contributed by atoms with van der Waals surface area (Å²) in [5.74, 6) is -1.70. The van der Waals surface area contributed by atoms with Crippen molar-refractivity contribution in [1.29, 1.82) is 0 Å². The van der Waals surface area contributed by atoms with E-state index in [9.17, 15) is 9.18 Å². The first-order valence-corrected chi connectivity index (χ1v) is 5.35. The van der Waals surface area contributed by atoms with Gasteiger partial charge in [0.2, 0.25) is 0 Å². The number of hydrogen-bond acceptors (Lipinski definition) is 3. The molecule has 1 heterocycles. The molecule has 0 bridgehead atoms. The molecular weight excluding hydrogens is 259 g/mol. The molecule has 0 amide bonds. The van der Waals surface area contributed by atoms with Gasteiger partial charge in [-0.3, -0.25) is 4.98 Å². The number of carboxylic acid groups (broad SMARTS) is 1. The molecule has 0 aliphatic rings. The predicted octanol–water partition coefficient (Wildman–Crippen LogP) is 3.32. The molecule has 92 valence electrons. The summed E-state index contributed by atoms with van der Waals surface area (Å²) in [7, 11) is 0. The second-order valence-electron chi connectivity index (χ2n) is 3.45. The summed E-state index contributed by atoms with van der Waals surface area (Å²) in [4.78, 5) is 14.8. The zero-order valence-electron chi connectivity index (χ0n) is 9.02. The molecule has 18 heavy (non-hydrogen) atoms. The molecule has 4 nitrogen and oxygen atoms in total. The van der Waals surface area contributed by atoms with Gasteiger partial charge in [-0.1, -0.05) is 17.7 Å². The fraction of sp³-hybridized carbons (Fsp3) is 0. The van der Waals surface area contributed by atoms with Gasteiger partial charge >= 0.3 is 5.97 Å². The number of nitrogens with zero attached hydrogens (tertiary/aromatic N) is 1. The number of halogens is 2. The number of rotatable bonds is 3. The Morgan fingerprint density at radius 3 is 2.83 bits per heavy atom. The van der Waals surface area contributed by atoms with Gasteiger partial charge in [-0.05, 0) is 18.2 Å². The normalized spacial score (nSPS) is 10.1. The maximum Gasteiger partial charge on any atom is 0.337 e. The highest BCUT2D eigenvalue weighted by atomic mass is 35.5. The van der Waals surface area contributed by atoms with E-state index in [1.165, 1.54) is 36.7 Å². The highest BCUT2D eigenvalue weighted by Gasteiger charge is 2.13. The van der Waals surface area contributed by atoms with Crippen molar-refractivity contribution in [2.45, 2.75) is 0 Å².